The SMILES string of the molecule is CN(c1ccc(OCC(=O)OCC(=O)c2ccc(C3CCCCC3)cc2)cc1)S(=O)(=O)c1ccc(F)cc1. The van der Waals surface area contributed by atoms with Crippen LogP contribution < -0.4 is 9.04 Å². The largest absolute Gasteiger partial charge is 0.482 e. The average Bonchev–Trinajstić information content (AvgIpc) is 2.95. The molecule has 0 atom stereocenters. The number of carbonyl (C=O) groups excluding carboxylic acids is 2. The van der Waals surface area contributed by atoms with Crippen LogP contribution in [0.3, 0.4) is 0 Å². The zero-order valence-corrected chi connectivity index (χ0v) is 22.0. The Hall–Kier alpha value is -3.72. The molecule has 0 aromatic heterocycles. The molecular weight excluding hydrogens is 509 g/mol. The fourth-order valence-corrected chi connectivity index (χ4v) is 5.64. The molecule has 0 bridgehead atoms. The summed E-state index contributed by atoms with van der Waals surface area (Å²) in [5, 5.41) is 0. The highest BCUT2D eigenvalue weighted by atomic mass is 32.2. The van der Waals surface area contributed by atoms with E-state index in [1.165, 1.54) is 81.1 Å². The molecule has 3 aromatic carbocycles. The summed E-state index contributed by atoms with van der Waals surface area (Å²) in [5.41, 5.74) is 2.09. The maximum Gasteiger partial charge on any atom is 0.344 e. The standard InChI is InChI=1S/C29H30FNO6S/c1-31(38(34,35)27-17-11-24(30)12-18-27)25-13-15-26(16-14-25)36-20-29(33)37-19-28(32)23-9-7-22(8-10-23)21-5-3-2-4-6-21/h7-18,21H,2-6,19-20H2,1H3. The molecule has 0 aliphatic heterocycles. The Kier molecular flexibility index (Phi) is 8.78. The van der Waals surface area contributed by atoms with E-state index in [4.69, 9.17) is 9.47 Å². The molecule has 0 heterocycles. The summed E-state index contributed by atoms with van der Waals surface area (Å²) in [6.07, 6.45) is 6.13. The molecule has 0 unspecified atom stereocenters. The van der Waals surface area contributed by atoms with Crippen LogP contribution in [0.5, 0.6) is 5.75 Å². The van der Waals surface area contributed by atoms with Crippen molar-refractivity contribution in [3.05, 3.63) is 89.7 Å². The van der Waals surface area contributed by atoms with Gasteiger partial charge in [-0.15, -0.1) is 0 Å². The first-order chi connectivity index (χ1) is 18.2. The van der Waals surface area contributed by atoms with Crippen molar-refractivity contribution in [3.8, 4) is 5.75 Å². The first kappa shape index (κ1) is 27.3. The molecular formula is C29H30FNO6S. The number of ether oxygens (including phenoxy) is 2. The zero-order valence-electron chi connectivity index (χ0n) is 21.1. The molecule has 0 spiro atoms. The van der Waals surface area contributed by atoms with Crippen molar-refractivity contribution in [2.24, 2.45) is 0 Å². The molecule has 1 aliphatic rings. The van der Waals surface area contributed by atoms with E-state index in [1.807, 2.05) is 12.1 Å². The van der Waals surface area contributed by atoms with Gasteiger partial charge in [0.05, 0.1) is 10.6 Å². The first-order valence-corrected chi connectivity index (χ1v) is 13.9. The topological polar surface area (TPSA) is 90.0 Å². The third kappa shape index (κ3) is 6.77. The number of ketones is 1. The van der Waals surface area contributed by atoms with Crippen LogP contribution in [0.25, 0.3) is 0 Å². The number of rotatable bonds is 10. The lowest BCUT2D eigenvalue weighted by atomic mass is 9.84. The van der Waals surface area contributed by atoms with E-state index in [9.17, 15) is 22.4 Å². The minimum absolute atomic E-state index is 0.0424. The zero-order chi connectivity index (χ0) is 27.1. The Bertz CT molecular complexity index is 1350. The number of halogens is 1. The minimum atomic E-state index is -3.87. The Morgan fingerprint density at radius 1 is 0.868 bits per heavy atom. The Morgan fingerprint density at radius 3 is 2.13 bits per heavy atom. The lowest BCUT2D eigenvalue weighted by Crippen LogP contribution is -2.26. The van der Waals surface area contributed by atoms with Crippen molar-refractivity contribution in [2.45, 2.75) is 42.9 Å². The molecule has 0 saturated heterocycles. The second kappa shape index (κ2) is 12.2. The normalized spacial score (nSPS) is 14.1. The third-order valence-electron chi connectivity index (χ3n) is 6.70. The number of benzene rings is 3. The summed E-state index contributed by atoms with van der Waals surface area (Å²) < 4.78 is 50.2. The number of sulfonamides is 1. The number of esters is 1. The van der Waals surface area contributed by atoms with Crippen LogP contribution in [0.4, 0.5) is 10.1 Å². The van der Waals surface area contributed by atoms with Crippen LogP contribution in [0.1, 0.15) is 53.9 Å². The summed E-state index contributed by atoms with van der Waals surface area (Å²) in [6.45, 7) is -0.785. The molecule has 0 radical (unpaired) electrons. The molecule has 0 amide bonds. The molecule has 9 heteroatoms. The van der Waals surface area contributed by atoms with Gasteiger partial charge in [0, 0.05) is 12.6 Å². The molecule has 1 saturated carbocycles. The van der Waals surface area contributed by atoms with Crippen LogP contribution in [0.2, 0.25) is 0 Å². The lowest BCUT2D eigenvalue weighted by Gasteiger charge is -2.22. The van der Waals surface area contributed by atoms with Gasteiger partial charge >= 0.3 is 5.97 Å². The van der Waals surface area contributed by atoms with Crippen LogP contribution in [-0.4, -0.2) is 40.4 Å². The number of hydrogen-bond acceptors (Lipinski definition) is 6. The molecule has 4 rings (SSSR count). The highest BCUT2D eigenvalue weighted by molar-refractivity contribution is 7.92. The summed E-state index contributed by atoms with van der Waals surface area (Å²) in [6, 6.07) is 18.2. The van der Waals surface area contributed by atoms with E-state index < -0.39 is 28.4 Å². The molecule has 200 valence electrons. The van der Waals surface area contributed by atoms with Gasteiger partial charge < -0.3 is 9.47 Å². The minimum Gasteiger partial charge on any atom is -0.482 e. The Balaban J connectivity index is 1.24. The Morgan fingerprint density at radius 2 is 1.50 bits per heavy atom. The van der Waals surface area contributed by atoms with Crippen LogP contribution in [0.15, 0.2) is 77.7 Å². The van der Waals surface area contributed by atoms with Crippen LogP contribution >= 0.6 is 0 Å². The van der Waals surface area contributed by atoms with E-state index in [0.717, 1.165) is 16.4 Å². The molecule has 3 aromatic rings. The number of Topliss-reactive ketones (excluding diaryl/α,β-unsaturated/α-hetero) is 1. The van der Waals surface area contributed by atoms with Gasteiger partial charge in [-0.25, -0.2) is 17.6 Å². The van der Waals surface area contributed by atoms with Gasteiger partial charge in [-0.1, -0.05) is 43.5 Å². The summed E-state index contributed by atoms with van der Waals surface area (Å²) in [4.78, 5) is 24.5. The van der Waals surface area contributed by atoms with Crippen LogP contribution in [0, 0.1) is 5.82 Å². The third-order valence-corrected chi connectivity index (χ3v) is 8.50. The highest BCUT2D eigenvalue weighted by Gasteiger charge is 2.21. The summed E-state index contributed by atoms with van der Waals surface area (Å²) in [7, 11) is -2.49. The van der Waals surface area contributed by atoms with Crippen molar-refractivity contribution in [2.75, 3.05) is 24.6 Å². The summed E-state index contributed by atoms with van der Waals surface area (Å²) >= 11 is 0. The van der Waals surface area contributed by atoms with Gasteiger partial charge in [-0.05, 0) is 72.9 Å². The second-order valence-electron chi connectivity index (χ2n) is 9.25. The molecule has 1 fully saturated rings. The van der Waals surface area contributed by atoms with Crippen molar-refractivity contribution in [1.29, 1.82) is 0 Å². The maximum absolute atomic E-state index is 13.1. The van der Waals surface area contributed by atoms with Crippen molar-refractivity contribution < 1.29 is 31.9 Å². The molecule has 0 N–H and O–H groups in total. The van der Waals surface area contributed by atoms with Gasteiger partial charge in [0.25, 0.3) is 10.0 Å². The smallest absolute Gasteiger partial charge is 0.344 e. The van der Waals surface area contributed by atoms with Gasteiger partial charge in [-0.3, -0.25) is 9.10 Å². The first-order valence-electron chi connectivity index (χ1n) is 12.5. The lowest BCUT2D eigenvalue weighted by molar-refractivity contribution is -0.144. The highest BCUT2D eigenvalue weighted by Crippen LogP contribution is 2.32. The van der Waals surface area contributed by atoms with Gasteiger partial charge in [0.2, 0.25) is 0 Å². The predicted octanol–water partition coefficient (Wildman–Crippen LogP) is 5.50. The second-order valence-corrected chi connectivity index (χ2v) is 11.2. The number of anilines is 1. The fraction of sp³-hybridized carbons (Fsp3) is 0.310. The fourth-order valence-electron chi connectivity index (χ4n) is 4.45. The van der Waals surface area contributed by atoms with Crippen molar-refractivity contribution >= 4 is 27.5 Å². The predicted molar refractivity (Wildman–Crippen MR) is 141 cm³/mol. The Labute approximate surface area is 222 Å². The van der Waals surface area contributed by atoms with E-state index >= 15 is 0 Å². The monoisotopic (exact) mass is 539 g/mol. The van der Waals surface area contributed by atoms with Gasteiger partial charge in [0.1, 0.15) is 11.6 Å². The van der Waals surface area contributed by atoms with E-state index in [-0.39, 0.29) is 17.3 Å². The molecule has 1 aliphatic carbocycles. The summed E-state index contributed by atoms with van der Waals surface area (Å²) in [5.74, 6) is -0.639. The van der Waals surface area contributed by atoms with Gasteiger partial charge in [-0.2, -0.15) is 0 Å². The van der Waals surface area contributed by atoms with E-state index in [2.05, 4.69) is 0 Å². The maximum atomic E-state index is 13.1. The number of nitrogens with zero attached hydrogens (tertiary/aromatic N) is 1. The van der Waals surface area contributed by atoms with E-state index in [0.29, 0.717) is 22.9 Å². The number of carbonyl (C=O) groups is 2. The van der Waals surface area contributed by atoms with Crippen molar-refractivity contribution in [1.82, 2.24) is 0 Å². The van der Waals surface area contributed by atoms with Crippen LogP contribution in [-0.2, 0) is 19.6 Å². The van der Waals surface area contributed by atoms with E-state index in [1.54, 1.807) is 12.1 Å². The molecule has 7 nitrogen and oxygen atoms in total. The number of hydrogen-bond donors (Lipinski definition) is 0. The quantitative estimate of drug-likeness (QED) is 0.250. The van der Waals surface area contributed by atoms with Gasteiger partial charge in [0.15, 0.2) is 19.0 Å². The average molecular weight is 540 g/mol. The van der Waals surface area contributed by atoms with Crippen molar-refractivity contribution in [3.63, 3.8) is 0 Å². The molecule has 38 heavy (non-hydrogen) atoms.